The molecule has 3 rings (SSSR count). The fourth-order valence-electron chi connectivity index (χ4n) is 3.52. The van der Waals surface area contributed by atoms with Gasteiger partial charge in [0.2, 0.25) is 0 Å². The van der Waals surface area contributed by atoms with E-state index in [1.807, 2.05) is 6.92 Å². The lowest BCUT2D eigenvalue weighted by Crippen LogP contribution is -2.77. The fourth-order valence-corrected chi connectivity index (χ4v) is 5.96. The first kappa shape index (κ1) is 15.6. The van der Waals surface area contributed by atoms with Gasteiger partial charge in [0.25, 0.3) is 0 Å². The van der Waals surface area contributed by atoms with Gasteiger partial charge in [-0.3, -0.25) is 4.79 Å². The van der Waals surface area contributed by atoms with Crippen LogP contribution in [-0.4, -0.2) is 43.9 Å². The highest BCUT2D eigenvalue weighted by Crippen LogP contribution is 2.56. The summed E-state index contributed by atoms with van der Waals surface area (Å²) < 4.78 is 39.8. The van der Waals surface area contributed by atoms with Crippen LogP contribution in [-0.2, 0) is 28.8 Å². The first-order chi connectivity index (χ1) is 10.4. The predicted molar refractivity (Wildman–Crippen MR) is 78.4 cm³/mol. The summed E-state index contributed by atoms with van der Waals surface area (Å²) >= 11 is 0. The molecule has 1 saturated carbocycles. The van der Waals surface area contributed by atoms with Gasteiger partial charge in [-0.2, -0.15) is 0 Å². The lowest BCUT2D eigenvalue weighted by atomic mass is 9.74. The Hall–Kier alpha value is -1.34. The predicted octanol–water partition coefficient (Wildman–Crippen LogP) is 1.18. The van der Waals surface area contributed by atoms with E-state index in [1.165, 1.54) is 6.08 Å². The van der Waals surface area contributed by atoms with Crippen LogP contribution in [0.4, 0.5) is 0 Å². The van der Waals surface area contributed by atoms with Crippen LogP contribution >= 0.6 is 0 Å². The maximum atomic E-state index is 11.9. The van der Waals surface area contributed by atoms with E-state index >= 15 is 0 Å². The number of carbonyl (C=O) groups excluding carboxylic acids is 1. The zero-order valence-electron chi connectivity index (χ0n) is 12.4. The van der Waals surface area contributed by atoms with Crippen LogP contribution < -0.4 is 0 Å². The minimum absolute atomic E-state index is 0.00389. The van der Waals surface area contributed by atoms with Gasteiger partial charge >= 0.3 is 5.97 Å². The molecule has 0 aromatic carbocycles. The summed E-state index contributed by atoms with van der Waals surface area (Å²) in [6, 6.07) is 0. The quantitative estimate of drug-likeness (QED) is 0.414. The van der Waals surface area contributed by atoms with Gasteiger partial charge < -0.3 is 14.2 Å². The van der Waals surface area contributed by atoms with Crippen molar-refractivity contribution in [3.63, 3.8) is 0 Å². The summed E-state index contributed by atoms with van der Waals surface area (Å²) in [6.07, 6.45) is 1.45. The number of hydrogen-bond donors (Lipinski definition) is 0. The number of carbonyl (C=O) groups is 1. The van der Waals surface area contributed by atoms with E-state index in [4.69, 9.17) is 14.2 Å². The number of hydrogen-bond acceptors (Lipinski definition) is 6. The smallest absolute Gasteiger partial charge is 0.309 e. The number of ether oxygens (including phenoxy) is 3. The third-order valence-corrected chi connectivity index (χ3v) is 7.16. The van der Waals surface area contributed by atoms with E-state index in [0.717, 1.165) is 0 Å². The Kier molecular flexibility index (Phi) is 3.81. The topological polar surface area (TPSA) is 78.9 Å². The molecule has 2 aliphatic heterocycles. The molecule has 0 amide bonds. The number of sulfone groups is 1. The highest BCUT2D eigenvalue weighted by molar-refractivity contribution is 7.94. The average molecular weight is 328 g/mol. The molecule has 6 nitrogen and oxygen atoms in total. The molecule has 2 saturated heterocycles. The van der Waals surface area contributed by atoms with Crippen molar-refractivity contribution >= 4 is 15.8 Å². The Morgan fingerprint density at radius 3 is 2.86 bits per heavy atom. The van der Waals surface area contributed by atoms with Crippen molar-refractivity contribution in [2.75, 3.05) is 6.61 Å². The van der Waals surface area contributed by atoms with Crippen molar-refractivity contribution in [2.24, 2.45) is 11.8 Å². The molecule has 6 atom stereocenters. The molecule has 6 unspecified atom stereocenters. The van der Waals surface area contributed by atoms with Crippen LogP contribution in [0.25, 0.3) is 0 Å². The Bertz CT molecular complexity index is 610. The summed E-state index contributed by atoms with van der Waals surface area (Å²) in [5, 5.41) is -0.319. The highest BCUT2D eigenvalue weighted by Gasteiger charge is 2.72. The molecule has 122 valence electrons. The number of esters is 1. The third kappa shape index (κ3) is 2.27. The second kappa shape index (κ2) is 5.38. The molecule has 0 aromatic rings. The van der Waals surface area contributed by atoms with Crippen molar-refractivity contribution < 1.29 is 27.4 Å². The van der Waals surface area contributed by atoms with E-state index in [0.29, 0.717) is 12.2 Å². The minimum atomic E-state index is -3.11. The number of allylic oxidation sites excluding steroid dienone is 1. The monoisotopic (exact) mass is 328 g/mol. The largest absolute Gasteiger partial charge is 0.494 e. The lowest BCUT2D eigenvalue weighted by molar-refractivity contribution is -0.242. The molecule has 0 bridgehead atoms. The number of rotatable bonds is 6. The molecule has 0 aromatic heterocycles. The Balaban J connectivity index is 1.53. The summed E-state index contributed by atoms with van der Waals surface area (Å²) in [5.41, 5.74) is -0.671. The van der Waals surface area contributed by atoms with E-state index in [-0.39, 0.29) is 48.3 Å². The van der Waals surface area contributed by atoms with Crippen molar-refractivity contribution in [3.05, 3.63) is 25.0 Å². The van der Waals surface area contributed by atoms with Gasteiger partial charge in [0.15, 0.2) is 15.3 Å². The normalized spacial score (nSPS) is 40.4. The van der Waals surface area contributed by atoms with Crippen LogP contribution in [0.2, 0.25) is 0 Å². The van der Waals surface area contributed by atoms with Crippen LogP contribution in [0, 0.1) is 11.8 Å². The van der Waals surface area contributed by atoms with Gasteiger partial charge in [-0.15, -0.1) is 0 Å². The first-order valence-electron chi connectivity index (χ1n) is 7.38. The van der Waals surface area contributed by atoms with E-state index in [9.17, 15) is 13.2 Å². The van der Waals surface area contributed by atoms with E-state index in [1.54, 1.807) is 0 Å². The first-order valence-corrected chi connectivity index (χ1v) is 8.99. The van der Waals surface area contributed by atoms with E-state index < -0.39 is 15.3 Å². The van der Waals surface area contributed by atoms with Crippen molar-refractivity contribution in [2.45, 2.75) is 42.7 Å². The SMILES string of the molecule is C=CC(=C)OCCC(=O)OC1C(C)CC2C3C1OC3S2(=O)=O. The molecule has 2 heterocycles. The Morgan fingerprint density at radius 1 is 1.45 bits per heavy atom. The zero-order chi connectivity index (χ0) is 16.1. The van der Waals surface area contributed by atoms with Gasteiger partial charge in [0.1, 0.15) is 18.0 Å². The molecule has 0 radical (unpaired) electrons. The van der Waals surface area contributed by atoms with Gasteiger partial charge in [-0.1, -0.05) is 20.1 Å². The maximum absolute atomic E-state index is 11.9. The van der Waals surface area contributed by atoms with Crippen molar-refractivity contribution in [1.29, 1.82) is 0 Å². The van der Waals surface area contributed by atoms with Gasteiger partial charge in [-0.05, 0) is 18.4 Å². The highest BCUT2D eigenvalue weighted by atomic mass is 32.2. The van der Waals surface area contributed by atoms with Gasteiger partial charge in [0, 0.05) is 5.92 Å². The van der Waals surface area contributed by atoms with Crippen LogP contribution in [0.15, 0.2) is 25.0 Å². The van der Waals surface area contributed by atoms with Crippen molar-refractivity contribution in [1.82, 2.24) is 0 Å². The standard InChI is InChI=1S/C15H20O6S/c1-4-9(3)19-6-5-11(16)20-13-8(2)7-10-12-14(13)21-15(12)22(10,17)18/h4,8,10,12-15H,1,3,5-7H2,2H3. The molecule has 22 heavy (non-hydrogen) atoms. The maximum Gasteiger partial charge on any atom is 0.309 e. The second-order valence-electron chi connectivity index (χ2n) is 6.11. The summed E-state index contributed by atoms with van der Waals surface area (Å²) in [7, 11) is -3.11. The van der Waals surface area contributed by atoms with Gasteiger partial charge in [0.05, 0.1) is 18.3 Å². The zero-order valence-corrected chi connectivity index (χ0v) is 13.3. The molecule has 3 aliphatic rings. The van der Waals surface area contributed by atoms with Crippen molar-refractivity contribution in [3.8, 4) is 0 Å². The van der Waals surface area contributed by atoms with E-state index in [2.05, 4.69) is 13.2 Å². The Morgan fingerprint density at radius 2 is 2.18 bits per heavy atom. The van der Waals surface area contributed by atoms with Crippen LogP contribution in [0.1, 0.15) is 19.8 Å². The van der Waals surface area contributed by atoms with Gasteiger partial charge in [-0.25, -0.2) is 8.42 Å². The summed E-state index contributed by atoms with van der Waals surface area (Å²) in [6.45, 7) is 9.17. The van der Waals surface area contributed by atoms with Crippen LogP contribution in [0.5, 0.6) is 0 Å². The molecule has 0 N–H and O–H groups in total. The third-order valence-electron chi connectivity index (χ3n) is 4.74. The molecular formula is C15H20O6S. The summed E-state index contributed by atoms with van der Waals surface area (Å²) in [4.78, 5) is 11.9. The molecular weight excluding hydrogens is 308 g/mol. The van der Waals surface area contributed by atoms with Crippen LogP contribution in [0.3, 0.4) is 0 Å². The Labute approximate surface area is 130 Å². The molecule has 3 fully saturated rings. The molecule has 1 aliphatic carbocycles. The minimum Gasteiger partial charge on any atom is -0.494 e. The molecule has 7 heteroatoms. The molecule has 0 spiro atoms. The lowest BCUT2D eigenvalue weighted by Gasteiger charge is -2.62. The average Bonchev–Trinajstić information content (AvgIpc) is 2.42. The fraction of sp³-hybridized carbons (Fsp3) is 0.667. The summed E-state index contributed by atoms with van der Waals surface area (Å²) in [5.74, 6) is -0.000936. The second-order valence-corrected chi connectivity index (χ2v) is 8.36.